The minimum absolute atomic E-state index is 0.431. The molecule has 1 atom stereocenters. The zero-order chi connectivity index (χ0) is 14.1. The first kappa shape index (κ1) is 15.4. The van der Waals surface area contributed by atoms with E-state index in [2.05, 4.69) is 6.07 Å². The number of nitrogens with zero attached hydrogens (tertiary/aromatic N) is 2. The smallest absolute Gasteiger partial charge is 0.0936 e. The van der Waals surface area contributed by atoms with Crippen LogP contribution in [0.2, 0.25) is 0 Å². The minimum atomic E-state index is -0.656. The van der Waals surface area contributed by atoms with Crippen LogP contribution < -0.4 is 5.73 Å². The van der Waals surface area contributed by atoms with Crippen LogP contribution in [-0.2, 0) is 4.74 Å². The number of para-hydroxylation sites is 1. The van der Waals surface area contributed by atoms with Gasteiger partial charge in [-0.1, -0.05) is 18.2 Å². The van der Waals surface area contributed by atoms with Gasteiger partial charge in [-0.2, -0.15) is 5.26 Å². The maximum Gasteiger partial charge on any atom is 0.0936 e. The van der Waals surface area contributed by atoms with Crippen LogP contribution in [0.4, 0.5) is 5.69 Å². The molecule has 0 fully saturated rings. The number of hydrogen-bond acceptors (Lipinski definition) is 5. The van der Waals surface area contributed by atoms with Crippen molar-refractivity contribution in [1.82, 2.24) is 4.90 Å². The fourth-order valence-electron chi connectivity index (χ4n) is 1.88. The molecule has 5 heteroatoms. The number of nitriles is 1. The molecule has 0 saturated heterocycles. The summed E-state index contributed by atoms with van der Waals surface area (Å²) in [5.41, 5.74) is 7.15. The summed E-state index contributed by atoms with van der Waals surface area (Å²) in [7, 11) is 1.63. The molecule has 1 aromatic carbocycles. The van der Waals surface area contributed by atoms with Crippen LogP contribution in [0.25, 0.3) is 0 Å². The highest BCUT2D eigenvalue weighted by atomic mass is 16.5. The zero-order valence-corrected chi connectivity index (χ0v) is 11.2. The Bertz CT molecular complexity index is 417. The third kappa shape index (κ3) is 5.26. The summed E-state index contributed by atoms with van der Waals surface area (Å²) in [4.78, 5) is 2.00. The van der Waals surface area contributed by atoms with Crippen molar-refractivity contribution in [2.45, 2.75) is 12.5 Å². The summed E-state index contributed by atoms with van der Waals surface area (Å²) < 4.78 is 5.03. The number of hydrogen-bond donors (Lipinski definition) is 2. The number of aliphatic hydroxyl groups excluding tert-OH is 1. The van der Waals surface area contributed by atoms with Crippen molar-refractivity contribution < 1.29 is 9.84 Å². The Morgan fingerprint density at radius 1 is 1.42 bits per heavy atom. The Morgan fingerprint density at radius 3 is 2.79 bits per heavy atom. The van der Waals surface area contributed by atoms with Crippen LogP contribution in [0.1, 0.15) is 18.1 Å². The molecule has 0 aliphatic carbocycles. The summed E-state index contributed by atoms with van der Waals surface area (Å²) in [6, 6.07) is 9.39. The Labute approximate surface area is 114 Å². The van der Waals surface area contributed by atoms with Gasteiger partial charge in [-0.05, 0) is 6.07 Å². The molecule has 0 aliphatic rings. The summed E-state index contributed by atoms with van der Waals surface area (Å²) in [5.74, 6) is 0. The van der Waals surface area contributed by atoms with Gasteiger partial charge in [0.1, 0.15) is 0 Å². The van der Waals surface area contributed by atoms with Gasteiger partial charge in [0, 0.05) is 44.4 Å². The molecular weight excluding hydrogens is 242 g/mol. The number of methoxy groups -OCH3 is 1. The van der Waals surface area contributed by atoms with Gasteiger partial charge in [0.15, 0.2) is 0 Å². The molecule has 0 bridgehead atoms. The van der Waals surface area contributed by atoms with E-state index < -0.39 is 6.10 Å². The summed E-state index contributed by atoms with van der Waals surface area (Å²) >= 11 is 0. The van der Waals surface area contributed by atoms with E-state index in [9.17, 15) is 5.11 Å². The van der Waals surface area contributed by atoms with Crippen molar-refractivity contribution in [1.29, 1.82) is 5.26 Å². The van der Waals surface area contributed by atoms with Gasteiger partial charge in [0.25, 0.3) is 0 Å². The predicted octanol–water partition coefficient (Wildman–Crippen LogP) is 1.16. The SMILES string of the molecule is COCCN(CCC#N)CC(O)c1ccccc1N. The number of nitrogens with two attached hydrogens (primary N) is 1. The average Bonchev–Trinajstić information content (AvgIpc) is 2.42. The van der Waals surface area contributed by atoms with Gasteiger partial charge in [-0.3, -0.25) is 4.90 Å². The topological polar surface area (TPSA) is 82.5 Å². The fraction of sp³-hybridized carbons (Fsp3) is 0.500. The van der Waals surface area contributed by atoms with Gasteiger partial charge in [0.2, 0.25) is 0 Å². The van der Waals surface area contributed by atoms with E-state index in [0.717, 1.165) is 5.56 Å². The molecule has 0 aliphatic heterocycles. The van der Waals surface area contributed by atoms with Crippen molar-refractivity contribution in [2.24, 2.45) is 0 Å². The van der Waals surface area contributed by atoms with Crippen LogP contribution in [-0.4, -0.2) is 43.4 Å². The molecule has 1 rings (SSSR count). The first-order chi connectivity index (χ1) is 9.19. The molecule has 0 radical (unpaired) electrons. The quantitative estimate of drug-likeness (QED) is 0.688. The van der Waals surface area contributed by atoms with Crippen LogP contribution >= 0.6 is 0 Å². The van der Waals surface area contributed by atoms with Gasteiger partial charge >= 0.3 is 0 Å². The van der Waals surface area contributed by atoms with Crippen molar-refractivity contribution in [3.05, 3.63) is 29.8 Å². The van der Waals surface area contributed by atoms with Crippen LogP contribution in [0.5, 0.6) is 0 Å². The van der Waals surface area contributed by atoms with Crippen molar-refractivity contribution in [2.75, 3.05) is 39.1 Å². The monoisotopic (exact) mass is 263 g/mol. The molecular formula is C14H21N3O2. The molecule has 1 unspecified atom stereocenters. The Kier molecular flexibility index (Phi) is 6.90. The number of aliphatic hydroxyl groups is 1. The first-order valence-corrected chi connectivity index (χ1v) is 6.29. The third-order valence-electron chi connectivity index (χ3n) is 2.94. The lowest BCUT2D eigenvalue weighted by molar-refractivity contribution is 0.0905. The molecule has 3 N–H and O–H groups in total. The first-order valence-electron chi connectivity index (χ1n) is 6.29. The Morgan fingerprint density at radius 2 is 2.16 bits per heavy atom. The highest BCUT2D eigenvalue weighted by Crippen LogP contribution is 2.20. The average molecular weight is 263 g/mol. The number of ether oxygens (including phenoxy) is 1. The van der Waals surface area contributed by atoms with Crippen LogP contribution in [0.3, 0.4) is 0 Å². The molecule has 0 amide bonds. The van der Waals surface area contributed by atoms with Crippen molar-refractivity contribution in [3.8, 4) is 6.07 Å². The van der Waals surface area contributed by atoms with E-state index in [4.69, 9.17) is 15.7 Å². The summed E-state index contributed by atoms with van der Waals surface area (Å²) in [6.45, 7) is 2.31. The molecule has 5 nitrogen and oxygen atoms in total. The number of nitrogen functional groups attached to an aromatic ring is 1. The predicted molar refractivity (Wildman–Crippen MR) is 74.4 cm³/mol. The second-order valence-electron chi connectivity index (χ2n) is 4.35. The summed E-state index contributed by atoms with van der Waals surface area (Å²) in [5, 5.41) is 18.9. The van der Waals surface area contributed by atoms with Gasteiger partial charge in [0.05, 0.1) is 18.8 Å². The van der Waals surface area contributed by atoms with Crippen LogP contribution in [0.15, 0.2) is 24.3 Å². The van der Waals surface area contributed by atoms with E-state index >= 15 is 0 Å². The van der Waals surface area contributed by atoms with Gasteiger partial charge < -0.3 is 15.6 Å². The van der Waals surface area contributed by atoms with E-state index in [-0.39, 0.29) is 0 Å². The molecule has 0 heterocycles. The lowest BCUT2D eigenvalue weighted by Crippen LogP contribution is -2.32. The highest BCUT2D eigenvalue weighted by molar-refractivity contribution is 5.47. The largest absolute Gasteiger partial charge is 0.398 e. The minimum Gasteiger partial charge on any atom is -0.398 e. The molecule has 0 spiro atoms. The second kappa shape index (κ2) is 8.48. The van der Waals surface area contributed by atoms with Crippen LogP contribution in [0, 0.1) is 11.3 Å². The zero-order valence-electron chi connectivity index (χ0n) is 11.2. The fourth-order valence-corrected chi connectivity index (χ4v) is 1.88. The van der Waals surface area contributed by atoms with E-state index in [0.29, 0.717) is 38.3 Å². The van der Waals surface area contributed by atoms with E-state index in [1.54, 1.807) is 13.2 Å². The third-order valence-corrected chi connectivity index (χ3v) is 2.94. The highest BCUT2D eigenvalue weighted by Gasteiger charge is 2.15. The number of anilines is 1. The molecule has 0 aromatic heterocycles. The molecule has 104 valence electrons. The molecule has 1 aromatic rings. The Balaban J connectivity index is 2.62. The lowest BCUT2D eigenvalue weighted by atomic mass is 10.1. The standard InChI is InChI=1S/C14H21N3O2/c1-19-10-9-17(8-4-7-15)11-14(18)12-5-2-3-6-13(12)16/h2-3,5-6,14,18H,4,8-11,16H2,1H3. The van der Waals surface area contributed by atoms with E-state index in [1.807, 2.05) is 23.1 Å². The van der Waals surface area contributed by atoms with E-state index in [1.165, 1.54) is 0 Å². The number of benzene rings is 1. The van der Waals surface area contributed by atoms with Gasteiger partial charge in [-0.25, -0.2) is 0 Å². The molecule has 19 heavy (non-hydrogen) atoms. The number of rotatable bonds is 8. The van der Waals surface area contributed by atoms with Crippen molar-refractivity contribution >= 4 is 5.69 Å². The maximum absolute atomic E-state index is 10.2. The Hall–Kier alpha value is -1.61. The summed E-state index contributed by atoms with van der Waals surface area (Å²) in [6.07, 6.45) is -0.225. The normalized spacial score (nSPS) is 12.3. The van der Waals surface area contributed by atoms with Crippen molar-refractivity contribution in [3.63, 3.8) is 0 Å². The maximum atomic E-state index is 10.2. The molecule has 0 saturated carbocycles. The van der Waals surface area contributed by atoms with Gasteiger partial charge in [-0.15, -0.1) is 0 Å². The lowest BCUT2D eigenvalue weighted by Gasteiger charge is -2.24. The second-order valence-corrected chi connectivity index (χ2v) is 4.35.